The number of rotatable bonds is 5. The molecule has 0 atom stereocenters. The van der Waals surface area contributed by atoms with Crippen LogP contribution in [0.1, 0.15) is 43.1 Å². The van der Waals surface area contributed by atoms with Gasteiger partial charge in [-0.25, -0.2) is 9.97 Å². The van der Waals surface area contributed by atoms with E-state index in [9.17, 15) is 9.59 Å². The fourth-order valence-corrected chi connectivity index (χ4v) is 2.91. The highest BCUT2D eigenvalue weighted by Crippen LogP contribution is 2.21. The molecule has 1 aliphatic carbocycles. The lowest BCUT2D eigenvalue weighted by molar-refractivity contribution is -0.114. The van der Waals surface area contributed by atoms with Crippen LogP contribution in [0.2, 0.25) is 0 Å². The fourth-order valence-electron chi connectivity index (χ4n) is 2.91. The van der Waals surface area contributed by atoms with E-state index < -0.39 is 0 Å². The molecule has 130 valence electrons. The van der Waals surface area contributed by atoms with Crippen molar-refractivity contribution in [3.05, 3.63) is 42.4 Å². The molecule has 0 bridgehead atoms. The van der Waals surface area contributed by atoms with Crippen LogP contribution in [0.25, 0.3) is 0 Å². The molecule has 7 nitrogen and oxygen atoms in total. The van der Waals surface area contributed by atoms with Gasteiger partial charge in [0.2, 0.25) is 5.91 Å². The van der Waals surface area contributed by atoms with Gasteiger partial charge >= 0.3 is 0 Å². The monoisotopic (exact) mass is 339 g/mol. The quantitative estimate of drug-likeness (QED) is 0.778. The number of nitrogens with zero attached hydrogens (tertiary/aromatic N) is 2. The molecule has 2 amide bonds. The molecule has 1 heterocycles. The van der Waals surface area contributed by atoms with Crippen LogP contribution in [-0.4, -0.2) is 27.8 Å². The number of aromatic nitrogens is 2. The average Bonchev–Trinajstić information content (AvgIpc) is 3.08. The second-order valence-corrected chi connectivity index (χ2v) is 6.13. The second-order valence-electron chi connectivity index (χ2n) is 6.13. The van der Waals surface area contributed by atoms with E-state index in [0.717, 1.165) is 12.8 Å². The lowest BCUT2D eigenvalue weighted by atomic mass is 10.2. The maximum absolute atomic E-state index is 12.4. The van der Waals surface area contributed by atoms with Crippen molar-refractivity contribution in [1.29, 1.82) is 0 Å². The number of carbonyl (C=O) groups is 2. The zero-order valence-corrected chi connectivity index (χ0v) is 14.1. The summed E-state index contributed by atoms with van der Waals surface area (Å²) < 4.78 is 0. The molecule has 0 spiro atoms. The third-order valence-corrected chi connectivity index (χ3v) is 4.05. The summed E-state index contributed by atoms with van der Waals surface area (Å²) in [5.74, 6) is 0.179. The molecule has 0 radical (unpaired) electrons. The second kappa shape index (κ2) is 7.74. The maximum Gasteiger partial charge on any atom is 0.274 e. The van der Waals surface area contributed by atoms with Crippen LogP contribution < -0.4 is 16.0 Å². The van der Waals surface area contributed by atoms with Crippen LogP contribution >= 0.6 is 0 Å². The third kappa shape index (κ3) is 4.76. The van der Waals surface area contributed by atoms with E-state index in [2.05, 4.69) is 25.9 Å². The van der Waals surface area contributed by atoms with Crippen molar-refractivity contribution >= 4 is 29.0 Å². The largest absolute Gasteiger partial charge is 0.367 e. The van der Waals surface area contributed by atoms with E-state index in [1.54, 1.807) is 30.3 Å². The first kappa shape index (κ1) is 16.9. The van der Waals surface area contributed by atoms with E-state index in [0.29, 0.717) is 28.9 Å². The molecule has 0 saturated heterocycles. The van der Waals surface area contributed by atoms with Gasteiger partial charge < -0.3 is 16.0 Å². The summed E-state index contributed by atoms with van der Waals surface area (Å²) in [4.78, 5) is 31.8. The van der Waals surface area contributed by atoms with Crippen molar-refractivity contribution in [1.82, 2.24) is 9.97 Å². The molecule has 3 rings (SSSR count). The number of hydrogen-bond donors (Lipinski definition) is 3. The average molecular weight is 339 g/mol. The summed E-state index contributed by atoms with van der Waals surface area (Å²) in [6, 6.07) is 9.03. The molecule has 0 aliphatic heterocycles. The number of hydrogen-bond acceptors (Lipinski definition) is 5. The number of nitrogens with one attached hydrogen (secondary N) is 3. The van der Waals surface area contributed by atoms with Gasteiger partial charge in [-0.15, -0.1) is 0 Å². The van der Waals surface area contributed by atoms with E-state index in [1.165, 1.54) is 26.1 Å². The van der Waals surface area contributed by atoms with Crippen molar-refractivity contribution in [3.8, 4) is 0 Å². The Hall–Kier alpha value is -2.96. The van der Waals surface area contributed by atoms with E-state index >= 15 is 0 Å². The summed E-state index contributed by atoms with van der Waals surface area (Å²) in [6.45, 7) is 1.44. The van der Waals surface area contributed by atoms with Gasteiger partial charge in [-0.3, -0.25) is 9.59 Å². The van der Waals surface area contributed by atoms with Gasteiger partial charge in [0.05, 0.1) is 0 Å². The lowest BCUT2D eigenvalue weighted by Crippen LogP contribution is -2.18. The van der Waals surface area contributed by atoms with Crippen LogP contribution in [0.4, 0.5) is 17.2 Å². The lowest BCUT2D eigenvalue weighted by Gasteiger charge is -2.13. The van der Waals surface area contributed by atoms with Crippen molar-refractivity contribution in [3.63, 3.8) is 0 Å². The van der Waals surface area contributed by atoms with Crippen LogP contribution in [-0.2, 0) is 4.79 Å². The topological polar surface area (TPSA) is 96.0 Å². The molecule has 1 fully saturated rings. The van der Waals surface area contributed by atoms with Gasteiger partial charge in [0, 0.05) is 30.4 Å². The maximum atomic E-state index is 12.4. The Morgan fingerprint density at radius 1 is 1.04 bits per heavy atom. The molecule has 0 unspecified atom stereocenters. The summed E-state index contributed by atoms with van der Waals surface area (Å²) in [5, 5.41) is 8.82. The van der Waals surface area contributed by atoms with Crippen LogP contribution in [0.5, 0.6) is 0 Å². The number of amides is 2. The highest BCUT2D eigenvalue weighted by Gasteiger charge is 2.16. The standard InChI is InChI=1S/C18H21N5O2/c1-12(24)21-14-7-4-8-15(9-14)23-18(25)16-10-17(20-11-19-16)22-13-5-2-3-6-13/h4,7-11,13H,2-3,5-6H2,1H3,(H,21,24)(H,23,25)(H,19,20,22). The summed E-state index contributed by atoms with van der Waals surface area (Å²) in [6.07, 6.45) is 6.09. The molecule has 1 aromatic heterocycles. The van der Waals surface area contributed by atoms with Gasteiger partial charge in [-0.05, 0) is 31.0 Å². The van der Waals surface area contributed by atoms with Gasteiger partial charge in [0.15, 0.2) is 0 Å². The van der Waals surface area contributed by atoms with E-state index in [-0.39, 0.29) is 11.8 Å². The highest BCUT2D eigenvalue weighted by molar-refractivity contribution is 6.03. The molecular formula is C18H21N5O2. The minimum absolute atomic E-state index is 0.165. The number of carbonyl (C=O) groups excluding carboxylic acids is 2. The van der Waals surface area contributed by atoms with Crippen molar-refractivity contribution < 1.29 is 9.59 Å². The molecule has 1 aliphatic rings. The Morgan fingerprint density at radius 3 is 2.48 bits per heavy atom. The summed E-state index contributed by atoms with van der Waals surface area (Å²) in [5.41, 5.74) is 1.50. The first-order valence-electron chi connectivity index (χ1n) is 8.38. The predicted molar refractivity (Wildman–Crippen MR) is 96.6 cm³/mol. The minimum atomic E-state index is -0.322. The third-order valence-electron chi connectivity index (χ3n) is 4.05. The SMILES string of the molecule is CC(=O)Nc1cccc(NC(=O)c2cc(NC3CCCC3)ncn2)c1. The normalized spacial score (nSPS) is 14.1. The Bertz CT molecular complexity index is 772. The van der Waals surface area contributed by atoms with Crippen molar-refractivity contribution in [2.75, 3.05) is 16.0 Å². The zero-order chi connectivity index (χ0) is 17.6. The van der Waals surface area contributed by atoms with E-state index in [1.807, 2.05) is 0 Å². The smallest absolute Gasteiger partial charge is 0.274 e. The highest BCUT2D eigenvalue weighted by atomic mass is 16.2. The van der Waals surface area contributed by atoms with Crippen molar-refractivity contribution in [2.45, 2.75) is 38.6 Å². The molecule has 1 aromatic carbocycles. The Kier molecular flexibility index (Phi) is 5.23. The molecule has 1 saturated carbocycles. The molecule has 2 aromatic rings. The molecule has 7 heteroatoms. The molecular weight excluding hydrogens is 318 g/mol. The fraction of sp³-hybridized carbons (Fsp3) is 0.333. The molecule has 25 heavy (non-hydrogen) atoms. The van der Waals surface area contributed by atoms with Crippen LogP contribution in [0.3, 0.4) is 0 Å². The van der Waals surface area contributed by atoms with Gasteiger partial charge in [-0.2, -0.15) is 0 Å². The Balaban J connectivity index is 1.67. The van der Waals surface area contributed by atoms with Gasteiger partial charge in [-0.1, -0.05) is 18.9 Å². The first-order chi connectivity index (χ1) is 12.1. The number of benzene rings is 1. The predicted octanol–water partition coefficient (Wildman–Crippen LogP) is 3.04. The number of anilines is 3. The van der Waals surface area contributed by atoms with Gasteiger partial charge in [0.1, 0.15) is 17.8 Å². The van der Waals surface area contributed by atoms with Crippen LogP contribution in [0.15, 0.2) is 36.7 Å². The molecule has 3 N–H and O–H groups in total. The van der Waals surface area contributed by atoms with Crippen LogP contribution in [0, 0.1) is 0 Å². The Labute approximate surface area is 146 Å². The van der Waals surface area contributed by atoms with Crippen molar-refractivity contribution in [2.24, 2.45) is 0 Å². The van der Waals surface area contributed by atoms with E-state index in [4.69, 9.17) is 0 Å². The summed E-state index contributed by atoms with van der Waals surface area (Å²) in [7, 11) is 0. The summed E-state index contributed by atoms with van der Waals surface area (Å²) >= 11 is 0. The first-order valence-corrected chi connectivity index (χ1v) is 8.38. The van der Waals surface area contributed by atoms with Gasteiger partial charge in [0.25, 0.3) is 5.91 Å². The Morgan fingerprint density at radius 2 is 1.76 bits per heavy atom. The minimum Gasteiger partial charge on any atom is -0.367 e. The zero-order valence-electron chi connectivity index (χ0n) is 14.1.